The number of amides is 1. The molecule has 0 aromatic heterocycles. The van der Waals surface area contributed by atoms with Crippen LogP contribution in [0.3, 0.4) is 0 Å². The Morgan fingerprint density at radius 1 is 1.67 bits per heavy atom. The third-order valence-corrected chi connectivity index (χ3v) is 2.43. The third kappa shape index (κ3) is 0.655. The van der Waals surface area contributed by atoms with E-state index in [1.165, 1.54) is 12.8 Å². The van der Waals surface area contributed by atoms with Crippen LogP contribution in [0.5, 0.6) is 0 Å². The lowest BCUT2D eigenvalue weighted by Gasteiger charge is -2.14. The maximum atomic E-state index is 10.8. The largest absolute Gasteiger partial charge is 0.340 e. The van der Waals surface area contributed by atoms with Gasteiger partial charge in [0, 0.05) is 19.5 Å². The minimum absolute atomic E-state index is 0.264. The summed E-state index contributed by atoms with van der Waals surface area (Å²) in [7, 11) is 0. The molecule has 1 aliphatic carbocycles. The number of hydrogen-bond donors (Lipinski definition) is 0. The highest BCUT2D eigenvalue weighted by atomic mass is 16.2. The van der Waals surface area contributed by atoms with E-state index in [0.717, 1.165) is 12.5 Å². The predicted octanol–water partition coefficient (Wildman–Crippen LogP) is 0.627. The first-order valence-electron chi connectivity index (χ1n) is 3.56. The molecule has 0 radical (unpaired) electrons. The molecule has 1 saturated heterocycles. The van der Waals surface area contributed by atoms with Gasteiger partial charge >= 0.3 is 0 Å². The smallest absolute Gasteiger partial charge is 0.219 e. The normalized spacial score (nSPS) is 38.6. The Bertz CT molecular complexity index is 155. The highest BCUT2D eigenvalue weighted by Gasteiger charge is 2.47. The van der Waals surface area contributed by atoms with E-state index in [9.17, 15) is 4.79 Å². The predicted molar refractivity (Wildman–Crippen MR) is 33.9 cm³/mol. The number of carbonyl (C=O) groups excluding carboxylic acids is 1. The summed E-state index contributed by atoms with van der Waals surface area (Å²) in [4.78, 5) is 12.8. The standard InChI is InChI=1S/C7H11NO/c1-5(9)8-3-2-6-4-7(6)8/h6-7H,2-4H2,1H3/t6?,7-/m0/s1. The van der Waals surface area contributed by atoms with Gasteiger partial charge in [-0.3, -0.25) is 4.79 Å². The lowest BCUT2D eigenvalue weighted by Crippen LogP contribution is -2.27. The molecule has 2 nitrogen and oxygen atoms in total. The van der Waals surface area contributed by atoms with Crippen molar-refractivity contribution in [2.24, 2.45) is 5.92 Å². The number of fused-ring (bicyclic) bond motifs is 1. The Kier molecular flexibility index (Phi) is 0.875. The summed E-state index contributed by atoms with van der Waals surface area (Å²) in [5.74, 6) is 1.15. The molecule has 0 bridgehead atoms. The summed E-state index contributed by atoms with van der Waals surface area (Å²) in [6.07, 6.45) is 2.53. The molecule has 0 aromatic carbocycles. The van der Waals surface area contributed by atoms with E-state index < -0.39 is 0 Å². The SMILES string of the molecule is CC(=O)N1CCC2C[C@@H]21. The van der Waals surface area contributed by atoms with Gasteiger partial charge in [-0.2, -0.15) is 0 Å². The molecule has 1 amide bonds. The second kappa shape index (κ2) is 1.49. The number of carbonyl (C=O) groups is 1. The fraction of sp³-hybridized carbons (Fsp3) is 0.857. The molecule has 2 heteroatoms. The van der Waals surface area contributed by atoms with Gasteiger partial charge in [0.05, 0.1) is 0 Å². The van der Waals surface area contributed by atoms with E-state index in [4.69, 9.17) is 0 Å². The summed E-state index contributed by atoms with van der Waals surface area (Å²) in [5, 5.41) is 0. The molecule has 50 valence electrons. The van der Waals surface area contributed by atoms with Crippen LogP contribution in [0.25, 0.3) is 0 Å². The average molecular weight is 125 g/mol. The van der Waals surface area contributed by atoms with Crippen molar-refractivity contribution in [2.45, 2.75) is 25.8 Å². The quantitative estimate of drug-likeness (QED) is 0.465. The second-order valence-corrected chi connectivity index (χ2v) is 3.06. The molecular formula is C7H11NO. The molecule has 0 spiro atoms. The van der Waals surface area contributed by atoms with Gasteiger partial charge in [-0.15, -0.1) is 0 Å². The molecule has 1 heterocycles. The van der Waals surface area contributed by atoms with Crippen molar-refractivity contribution in [3.8, 4) is 0 Å². The maximum Gasteiger partial charge on any atom is 0.219 e. The van der Waals surface area contributed by atoms with E-state index >= 15 is 0 Å². The van der Waals surface area contributed by atoms with Crippen molar-refractivity contribution in [1.29, 1.82) is 0 Å². The zero-order valence-electron chi connectivity index (χ0n) is 5.63. The monoisotopic (exact) mass is 125 g/mol. The zero-order valence-corrected chi connectivity index (χ0v) is 5.63. The zero-order chi connectivity index (χ0) is 6.43. The fourth-order valence-corrected chi connectivity index (χ4v) is 1.79. The number of nitrogens with zero attached hydrogens (tertiary/aromatic N) is 1. The van der Waals surface area contributed by atoms with Gasteiger partial charge in [0.2, 0.25) is 5.91 Å². The molecule has 2 atom stereocenters. The topological polar surface area (TPSA) is 20.3 Å². The van der Waals surface area contributed by atoms with Gasteiger partial charge in [0.1, 0.15) is 0 Å². The Morgan fingerprint density at radius 2 is 2.44 bits per heavy atom. The van der Waals surface area contributed by atoms with Crippen molar-refractivity contribution in [3.05, 3.63) is 0 Å². The molecule has 1 saturated carbocycles. The van der Waals surface area contributed by atoms with Gasteiger partial charge in [-0.1, -0.05) is 0 Å². The molecule has 9 heavy (non-hydrogen) atoms. The third-order valence-electron chi connectivity index (χ3n) is 2.43. The van der Waals surface area contributed by atoms with Gasteiger partial charge in [-0.25, -0.2) is 0 Å². The summed E-state index contributed by atoms with van der Waals surface area (Å²) < 4.78 is 0. The van der Waals surface area contributed by atoms with E-state index in [0.29, 0.717) is 6.04 Å². The van der Waals surface area contributed by atoms with Gasteiger partial charge in [0.25, 0.3) is 0 Å². The first-order valence-corrected chi connectivity index (χ1v) is 3.56. The number of piperidine rings is 1. The maximum absolute atomic E-state index is 10.8. The Hall–Kier alpha value is -0.530. The minimum atomic E-state index is 0.264. The van der Waals surface area contributed by atoms with E-state index in [2.05, 4.69) is 0 Å². The van der Waals surface area contributed by atoms with Crippen LogP contribution in [0, 0.1) is 5.92 Å². The van der Waals surface area contributed by atoms with Crippen molar-refractivity contribution in [3.63, 3.8) is 0 Å². The number of rotatable bonds is 0. The van der Waals surface area contributed by atoms with Gasteiger partial charge < -0.3 is 4.90 Å². The number of hydrogen-bond acceptors (Lipinski definition) is 1. The van der Waals surface area contributed by atoms with Crippen LogP contribution < -0.4 is 0 Å². The summed E-state index contributed by atoms with van der Waals surface area (Å²) in [6.45, 7) is 2.69. The molecule has 2 aliphatic rings. The van der Waals surface area contributed by atoms with Gasteiger partial charge in [0.15, 0.2) is 0 Å². The molecule has 1 unspecified atom stereocenters. The van der Waals surface area contributed by atoms with Crippen molar-refractivity contribution in [2.75, 3.05) is 6.54 Å². The second-order valence-electron chi connectivity index (χ2n) is 3.06. The highest BCUT2D eigenvalue weighted by molar-refractivity contribution is 5.74. The summed E-state index contributed by atoms with van der Waals surface area (Å²) in [6, 6.07) is 0.655. The Labute approximate surface area is 54.8 Å². The van der Waals surface area contributed by atoms with Crippen LogP contribution in [-0.2, 0) is 4.79 Å². The lowest BCUT2D eigenvalue weighted by molar-refractivity contribution is -0.128. The lowest BCUT2D eigenvalue weighted by atomic mass is 10.3. The van der Waals surface area contributed by atoms with Crippen molar-refractivity contribution in [1.82, 2.24) is 4.90 Å². The fourth-order valence-electron chi connectivity index (χ4n) is 1.79. The molecule has 1 aliphatic heterocycles. The molecule has 2 rings (SSSR count). The first-order chi connectivity index (χ1) is 4.29. The number of likely N-dealkylation sites (tertiary alicyclic amines) is 1. The van der Waals surface area contributed by atoms with Crippen LogP contribution in [-0.4, -0.2) is 23.4 Å². The van der Waals surface area contributed by atoms with Crippen LogP contribution in [0.2, 0.25) is 0 Å². The summed E-state index contributed by atoms with van der Waals surface area (Å²) >= 11 is 0. The minimum Gasteiger partial charge on any atom is -0.340 e. The Balaban J connectivity index is 2.06. The molecule has 0 N–H and O–H groups in total. The average Bonchev–Trinajstić information content (AvgIpc) is 2.43. The van der Waals surface area contributed by atoms with Crippen LogP contribution in [0.15, 0.2) is 0 Å². The van der Waals surface area contributed by atoms with Crippen LogP contribution in [0.4, 0.5) is 0 Å². The molecule has 0 aromatic rings. The van der Waals surface area contributed by atoms with Crippen LogP contribution in [0.1, 0.15) is 19.8 Å². The van der Waals surface area contributed by atoms with Crippen molar-refractivity contribution >= 4 is 5.91 Å². The highest BCUT2D eigenvalue weighted by Crippen LogP contribution is 2.44. The van der Waals surface area contributed by atoms with E-state index in [1.807, 2.05) is 4.90 Å². The van der Waals surface area contributed by atoms with E-state index in [-0.39, 0.29) is 5.91 Å². The Morgan fingerprint density at radius 3 is 2.67 bits per heavy atom. The van der Waals surface area contributed by atoms with Crippen molar-refractivity contribution < 1.29 is 4.79 Å². The van der Waals surface area contributed by atoms with Gasteiger partial charge in [-0.05, 0) is 18.8 Å². The summed E-state index contributed by atoms with van der Waals surface area (Å²) in [5.41, 5.74) is 0. The first kappa shape index (κ1) is 5.27. The van der Waals surface area contributed by atoms with E-state index in [1.54, 1.807) is 6.92 Å². The van der Waals surface area contributed by atoms with Crippen LogP contribution >= 0.6 is 0 Å². The molecular weight excluding hydrogens is 114 g/mol. The molecule has 2 fully saturated rings.